The summed E-state index contributed by atoms with van der Waals surface area (Å²) in [6.45, 7) is 16.0. The molecule has 1 saturated heterocycles. The van der Waals surface area contributed by atoms with Crippen molar-refractivity contribution in [3.05, 3.63) is 76.0 Å². The first kappa shape index (κ1) is 30.8. The van der Waals surface area contributed by atoms with Gasteiger partial charge in [0, 0.05) is 54.4 Å². The molecular formula is C32H45FN4OS. The fraction of sp³-hybridized carbons (Fsp3) is 0.500. The molecular weight excluding hydrogens is 507 g/mol. The Labute approximate surface area is 238 Å². The molecule has 1 unspecified atom stereocenters. The van der Waals surface area contributed by atoms with Crippen molar-refractivity contribution in [2.45, 2.75) is 66.3 Å². The Kier molecular flexibility index (Phi) is 10.7. The summed E-state index contributed by atoms with van der Waals surface area (Å²) in [7, 11) is 2.13. The Morgan fingerprint density at radius 3 is 2.44 bits per heavy atom. The van der Waals surface area contributed by atoms with Gasteiger partial charge in [-0.2, -0.15) is 4.39 Å². The highest BCUT2D eigenvalue weighted by Crippen LogP contribution is 2.43. The molecule has 39 heavy (non-hydrogen) atoms. The van der Waals surface area contributed by atoms with Crippen molar-refractivity contribution in [2.75, 3.05) is 43.0 Å². The lowest BCUT2D eigenvalue weighted by atomic mass is 9.81. The second-order valence-electron chi connectivity index (χ2n) is 10.9. The maximum atomic E-state index is 13.7. The van der Waals surface area contributed by atoms with Gasteiger partial charge in [-0.3, -0.25) is 14.7 Å². The SMILES string of the molecule is CC.CCN(C=O)c1ccccc1N(C)CC1(CCc2ccc(F)s2)CCN(C(C)(C)c2ccc(C)nc2)C1. The number of benzene rings is 1. The second kappa shape index (κ2) is 13.5. The van der Waals surface area contributed by atoms with Crippen LogP contribution in [0.3, 0.4) is 0 Å². The number of para-hydroxylation sites is 2. The predicted octanol–water partition coefficient (Wildman–Crippen LogP) is 7.30. The van der Waals surface area contributed by atoms with Crippen molar-refractivity contribution in [3.63, 3.8) is 0 Å². The molecule has 0 N–H and O–H groups in total. The molecule has 3 heterocycles. The van der Waals surface area contributed by atoms with Crippen LogP contribution in [0.1, 0.15) is 63.6 Å². The molecule has 0 aliphatic carbocycles. The first-order valence-corrected chi connectivity index (χ1v) is 14.9. The Morgan fingerprint density at radius 1 is 1.13 bits per heavy atom. The third-order valence-corrected chi connectivity index (χ3v) is 8.95. The number of likely N-dealkylation sites (tertiary alicyclic amines) is 1. The van der Waals surface area contributed by atoms with Crippen molar-refractivity contribution in [1.82, 2.24) is 9.88 Å². The molecule has 212 valence electrons. The predicted molar refractivity (Wildman–Crippen MR) is 163 cm³/mol. The van der Waals surface area contributed by atoms with Gasteiger partial charge >= 0.3 is 0 Å². The fourth-order valence-electron chi connectivity index (χ4n) is 5.63. The van der Waals surface area contributed by atoms with Gasteiger partial charge in [-0.15, -0.1) is 11.3 Å². The molecule has 7 heteroatoms. The van der Waals surface area contributed by atoms with Crippen molar-refractivity contribution in [2.24, 2.45) is 5.41 Å². The first-order chi connectivity index (χ1) is 18.7. The summed E-state index contributed by atoms with van der Waals surface area (Å²) in [6, 6.07) is 15.9. The van der Waals surface area contributed by atoms with Crippen LogP contribution in [0.5, 0.6) is 0 Å². The molecule has 1 aliphatic rings. The number of pyridine rings is 1. The summed E-state index contributed by atoms with van der Waals surface area (Å²) in [5, 5.41) is -0.121. The normalized spacial score (nSPS) is 17.4. The maximum Gasteiger partial charge on any atom is 0.214 e. The molecule has 1 fully saturated rings. The molecule has 0 spiro atoms. The van der Waals surface area contributed by atoms with Crippen LogP contribution in [0.4, 0.5) is 15.8 Å². The highest BCUT2D eigenvalue weighted by molar-refractivity contribution is 7.10. The standard InChI is InChI=1S/C30H39FN4OS.C2H6/c1-6-34(22-36)27-10-8-7-9-26(27)33(5)20-30(16-15-25-13-14-28(31)37-25)17-18-35(21-30)29(3,4)24-12-11-23(2)32-19-24;1-2/h7-14,19,22H,6,15-18,20-21H2,1-5H3;1-2H3. The topological polar surface area (TPSA) is 39.7 Å². The number of carbonyl (C=O) groups excluding carboxylic acids is 1. The van der Waals surface area contributed by atoms with Gasteiger partial charge in [-0.1, -0.05) is 32.0 Å². The molecule has 2 aromatic heterocycles. The van der Waals surface area contributed by atoms with E-state index in [0.29, 0.717) is 6.54 Å². The van der Waals surface area contributed by atoms with Crippen LogP contribution in [0, 0.1) is 17.5 Å². The maximum absolute atomic E-state index is 13.7. The summed E-state index contributed by atoms with van der Waals surface area (Å²) in [6.07, 6.45) is 5.80. The summed E-state index contributed by atoms with van der Waals surface area (Å²) < 4.78 is 13.7. The molecule has 1 atom stereocenters. The van der Waals surface area contributed by atoms with E-state index >= 15 is 0 Å². The van der Waals surface area contributed by atoms with Gasteiger partial charge in [-0.05, 0) is 89.4 Å². The molecule has 1 aliphatic heterocycles. The van der Waals surface area contributed by atoms with Gasteiger partial charge < -0.3 is 9.80 Å². The van der Waals surface area contributed by atoms with Crippen LogP contribution >= 0.6 is 11.3 Å². The summed E-state index contributed by atoms with van der Waals surface area (Å²) >= 11 is 1.25. The molecule has 1 aromatic carbocycles. The number of hydrogen-bond donors (Lipinski definition) is 0. The van der Waals surface area contributed by atoms with Crippen LogP contribution in [0.2, 0.25) is 0 Å². The van der Waals surface area contributed by atoms with Gasteiger partial charge in [0.1, 0.15) is 0 Å². The monoisotopic (exact) mass is 552 g/mol. The van der Waals surface area contributed by atoms with E-state index in [1.165, 1.54) is 16.9 Å². The van der Waals surface area contributed by atoms with Crippen LogP contribution in [0.25, 0.3) is 0 Å². The largest absolute Gasteiger partial charge is 0.372 e. The zero-order valence-corrected chi connectivity index (χ0v) is 25.5. The van der Waals surface area contributed by atoms with Gasteiger partial charge in [0.15, 0.2) is 5.13 Å². The fourth-order valence-corrected chi connectivity index (χ4v) is 6.36. The van der Waals surface area contributed by atoms with Crippen molar-refractivity contribution in [1.29, 1.82) is 0 Å². The number of aryl methyl sites for hydroxylation is 2. The Bertz CT molecular complexity index is 1190. The molecule has 5 nitrogen and oxygen atoms in total. The molecule has 0 saturated carbocycles. The minimum absolute atomic E-state index is 0.0238. The Balaban J connectivity index is 0.00000205. The highest BCUT2D eigenvalue weighted by Gasteiger charge is 2.44. The quantitative estimate of drug-likeness (QED) is 0.234. The molecule has 1 amide bonds. The van der Waals surface area contributed by atoms with E-state index in [1.807, 2.05) is 58.2 Å². The number of nitrogens with zero attached hydrogens (tertiary/aromatic N) is 4. The number of hydrogen-bond acceptors (Lipinski definition) is 5. The first-order valence-electron chi connectivity index (χ1n) is 14.1. The van der Waals surface area contributed by atoms with Gasteiger partial charge in [0.25, 0.3) is 0 Å². The van der Waals surface area contributed by atoms with Crippen molar-refractivity contribution in [3.8, 4) is 0 Å². The van der Waals surface area contributed by atoms with Gasteiger partial charge in [0.2, 0.25) is 6.41 Å². The smallest absolute Gasteiger partial charge is 0.214 e. The number of amides is 1. The number of anilines is 2. The van der Waals surface area contributed by atoms with Crippen LogP contribution < -0.4 is 9.80 Å². The van der Waals surface area contributed by atoms with E-state index in [0.717, 1.165) is 67.3 Å². The number of halogens is 1. The third kappa shape index (κ3) is 7.25. The number of aromatic nitrogens is 1. The van der Waals surface area contributed by atoms with E-state index in [2.05, 4.69) is 53.9 Å². The zero-order valence-electron chi connectivity index (χ0n) is 24.7. The van der Waals surface area contributed by atoms with Crippen LogP contribution in [-0.2, 0) is 16.8 Å². The lowest BCUT2D eigenvalue weighted by Crippen LogP contribution is -2.44. The summed E-state index contributed by atoms with van der Waals surface area (Å²) in [4.78, 5) is 24.0. The Morgan fingerprint density at radius 2 is 1.85 bits per heavy atom. The molecule has 4 rings (SSSR count). The minimum Gasteiger partial charge on any atom is -0.372 e. The molecule has 0 radical (unpaired) electrons. The average Bonchev–Trinajstić information content (AvgIpc) is 3.57. The van der Waals surface area contributed by atoms with E-state index in [4.69, 9.17) is 0 Å². The van der Waals surface area contributed by atoms with Crippen molar-refractivity contribution < 1.29 is 9.18 Å². The number of rotatable bonds is 11. The highest BCUT2D eigenvalue weighted by atomic mass is 32.1. The molecule has 3 aromatic rings. The summed E-state index contributed by atoms with van der Waals surface area (Å²) in [5.41, 5.74) is 4.10. The number of carbonyl (C=O) groups is 1. The second-order valence-corrected chi connectivity index (χ2v) is 12.0. The Hall–Kier alpha value is -2.77. The lowest BCUT2D eigenvalue weighted by molar-refractivity contribution is -0.107. The average molecular weight is 553 g/mol. The van der Waals surface area contributed by atoms with E-state index in [9.17, 15) is 9.18 Å². The lowest BCUT2D eigenvalue weighted by Gasteiger charge is -2.40. The van der Waals surface area contributed by atoms with Crippen LogP contribution in [-0.4, -0.2) is 49.5 Å². The molecule has 0 bridgehead atoms. The van der Waals surface area contributed by atoms with Gasteiger partial charge in [-0.25, -0.2) is 0 Å². The number of thiophene rings is 1. The van der Waals surface area contributed by atoms with E-state index in [1.54, 1.807) is 11.0 Å². The van der Waals surface area contributed by atoms with E-state index < -0.39 is 0 Å². The van der Waals surface area contributed by atoms with E-state index in [-0.39, 0.29) is 16.1 Å². The van der Waals surface area contributed by atoms with Crippen LogP contribution in [0.15, 0.2) is 54.7 Å². The zero-order chi connectivity index (χ0) is 28.6. The van der Waals surface area contributed by atoms with Gasteiger partial charge in [0.05, 0.1) is 11.4 Å². The third-order valence-electron chi connectivity index (χ3n) is 8.02. The minimum atomic E-state index is -0.148. The summed E-state index contributed by atoms with van der Waals surface area (Å²) in [5.74, 6) is 0. The van der Waals surface area contributed by atoms with Crippen molar-refractivity contribution >= 4 is 29.1 Å².